The predicted octanol–water partition coefficient (Wildman–Crippen LogP) is 3.74. The lowest BCUT2D eigenvalue weighted by molar-refractivity contribution is -0.137. The summed E-state index contributed by atoms with van der Waals surface area (Å²) in [5.74, 6) is 1.38. The smallest absolute Gasteiger partial charge is 0.261 e. The number of hydrogen-bond acceptors (Lipinski definition) is 6. The SMILES string of the molecule is N#Cc1cccc(-c2nc(C3CCCCN3C(=O)COc3ccccc3)no2)c1. The maximum Gasteiger partial charge on any atom is 0.261 e. The lowest BCUT2D eigenvalue weighted by atomic mass is 10.0. The van der Waals surface area contributed by atoms with Crippen molar-refractivity contribution < 1.29 is 14.1 Å². The van der Waals surface area contributed by atoms with Gasteiger partial charge in [0.2, 0.25) is 0 Å². The maximum absolute atomic E-state index is 12.8. The number of hydrogen-bond donors (Lipinski definition) is 0. The number of piperidine rings is 1. The molecule has 1 atom stereocenters. The normalized spacial score (nSPS) is 16.2. The minimum atomic E-state index is -0.243. The second kappa shape index (κ2) is 8.57. The quantitative estimate of drug-likeness (QED) is 0.661. The number of carbonyl (C=O) groups excluding carboxylic acids is 1. The van der Waals surface area contributed by atoms with Gasteiger partial charge in [-0.2, -0.15) is 10.2 Å². The van der Waals surface area contributed by atoms with E-state index < -0.39 is 0 Å². The molecule has 2 heterocycles. The van der Waals surface area contributed by atoms with E-state index in [1.54, 1.807) is 23.1 Å². The van der Waals surface area contributed by atoms with Crippen molar-refractivity contribution >= 4 is 5.91 Å². The van der Waals surface area contributed by atoms with E-state index in [2.05, 4.69) is 16.2 Å². The van der Waals surface area contributed by atoms with Gasteiger partial charge in [0, 0.05) is 12.1 Å². The predicted molar refractivity (Wildman–Crippen MR) is 105 cm³/mol. The molecule has 1 saturated heterocycles. The topological polar surface area (TPSA) is 92.2 Å². The number of nitriles is 1. The monoisotopic (exact) mass is 388 g/mol. The minimum absolute atomic E-state index is 0.0323. The summed E-state index contributed by atoms with van der Waals surface area (Å²) in [5.41, 5.74) is 1.21. The van der Waals surface area contributed by atoms with Crippen LogP contribution in [0.2, 0.25) is 0 Å². The Labute approximate surface area is 168 Å². The van der Waals surface area contributed by atoms with E-state index in [1.165, 1.54) is 0 Å². The van der Waals surface area contributed by atoms with E-state index in [9.17, 15) is 4.79 Å². The van der Waals surface area contributed by atoms with Crippen LogP contribution >= 0.6 is 0 Å². The van der Waals surface area contributed by atoms with Gasteiger partial charge in [0.15, 0.2) is 12.4 Å². The van der Waals surface area contributed by atoms with Gasteiger partial charge in [-0.15, -0.1) is 0 Å². The Bertz CT molecular complexity index is 1030. The van der Waals surface area contributed by atoms with Crippen LogP contribution in [0.4, 0.5) is 0 Å². The zero-order valence-electron chi connectivity index (χ0n) is 15.8. The minimum Gasteiger partial charge on any atom is -0.484 e. The molecule has 4 rings (SSSR count). The highest BCUT2D eigenvalue weighted by Gasteiger charge is 2.31. The number of aromatic nitrogens is 2. The van der Waals surface area contributed by atoms with Crippen molar-refractivity contribution in [1.29, 1.82) is 5.26 Å². The van der Waals surface area contributed by atoms with Crippen LogP contribution in [0.3, 0.4) is 0 Å². The zero-order valence-corrected chi connectivity index (χ0v) is 15.8. The first-order valence-corrected chi connectivity index (χ1v) is 9.56. The van der Waals surface area contributed by atoms with Crippen molar-refractivity contribution in [3.8, 4) is 23.3 Å². The van der Waals surface area contributed by atoms with Crippen LogP contribution in [0.25, 0.3) is 11.5 Å². The van der Waals surface area contributed by atoms with Gasteiger partial charge in [-0.1, -0.05) is 29.4 Å². The van der Waals surface area contributed by atoms with Crippen molar-refractivity contribution in [1.82, 2.24) is 15.0 Å². The van der Waals surface area contributed by atoms with E-state index in [4.69, 9.17) is 14.5 Å². The van der Waals surface area contributed by atoms with Gasteiger partial charge in [0.25, 0.3) is 11.8 Å². The van der Waals surface area contributed by atoms with Gasteiger partial charge in [0.1, 0.15) is 5.75 Å². The molecule has 29 heavy (non-hydrogen) atoms. The largest absolute Gasteiger partial charge is 0.484 e. The second-order valence-electron chi connectivity index (χ2n) is 6.85. The number of rotatable bonds is 5. The fraction of sp³-hybridized carbons (Fsp3) is 0.273. The number of nitrogens with zero attached hydrogens (tertiary/aromatic N) is 4. The van der Waals surface area contributed by atoms with Gasteiger partial charge in [-0.05, 0) is 49.6 Å². The first-order valence-electron chi connectivity index (χ1n) is 9.56. The lowest BCUT2D eigenvalue weighted by Gasteiger charge is -2.33. The fourth-order valence-corrected chi connectivity index (χ4v) is 3.45. The third-order valence-corrected chi connectivity index (χ3v) is 4.91. The van der Waals surface area contributed by atoms with Crippen molar-refractivity contribution in [2.75, 3.05) is 13.2 Å². The summed E-state index contributed by atoms with van der Waals surface area (Å²) in [4.78, 5) is 19.1. The molecule has 0 saturated carbocycles. The molecule has 0 bridgehead atoms. The molecular formula is C22H20N4O3. The van der Waals surface area contributed by atoms with Gasteiger partial charge in [-0.3, -0.25) is 4.79 Å². The van der Waals surface area contributed by atoms with Crippen LogP contribution in [-0.4, -0.2) is 34.1 Å². The molecule has 0 aliphatic carbocycles. The van der Waals surface area contributed by atoms with E-state index >= 15 is 0 Å². The Hall–Kier alpha value is -3.66. The van der Waals surface area contributed by atoms with Crippen molar-refractivity contribution in [3.05, 3.63) is 66.0 Å². The van der Waals surface area contributed by atoms with E-state index in [0.717, 1.165) is 19.3 Å². The highest BCUT2D eigenvalue weighted by atomic mass is 16.5. The fourth-order valence-electron chi connectivity index (χ4n) is 3.45. The number of benzene rings is 2. The molecule has 1 aliphatic rings. The van der Waals surface area contributed by atoms with Crippen molar-refractivity contribution in [3.63, 3.8) is 0 Å². The van der Waals surface area contributed by atoms with Gasteiger partial charge in [0.05, 0.1) is 17.7 Å². The molecule has 0 radical (unpaired) electrons. The summed E-state index contributed by atoms with van der Waals surface area (Å²) in [5, 5.41) is 13.2. The molecule has 3 aromatic rings. The number of likely N-dealkylation sites (tertiary alicyclic amines) is 1. The molecule has 0 spiro atoms. The second-order valence-corrected chi connectivity index (χ2v) is 6.85. The Morgan fingerprint density at radius 1 is 1.21 bits per heavy atom. The van der Waals surface area contributed by atoms with Crippen LogP contribution in [0, 0.1) is 11.3 Å². The summed E-state index contributed by atoms with van der Waals surface area (Å²) in [6, 6.07) is 18.1. The molecule has 7 heteroatoms. The molecule has 1 aliphatic heterocycles. The molecule has 1 fully saturated rings. The third-order valence-electron chi connectivity index (χ3n) is 4.91. The number of para-hydroxylation sites is 1. The van der Waals surface area contributed by atoms with E-state index in [1.807, 2.05) is 36.4 Å². The molecule has 146 valence electrons. The van der Waals surface area contributed by atoms with Crippen LogP contribution in [0.5, 0.6) is 5.75 Å². The highest BCUT2D eigenvalue weighted by molar-refractivity contribution is 5.78. The summed E-state index contributed by atoms with van der Waals surface area (Å²) in [6.07, 6.45) is 2.69. The van der Waals surface area contributed by atoms with Crippen LogP contribution in [-0.2, 0) is 4.79 Å². The van der Waals surface area contributed by atoms with Crippen molar-refractivity contribution in [2.24, 2.45) is 0 Å². The zero-order chi connectivity index (χ0) is 20.1. The summed E-state index contributed by atoms with van der Waals surface area (Å²) >= 11 is 0. The van der Waals surface area contributed by atoms with Gasteiger partial charge in [-0.25, -0.2) is 0 Å². The first kappa shape index (κ1) is 18.7. The van der Waals surface area contributed by atoms with Crippen LogP contribution < -0.4 is 4.74 Å². The van der Waals surface area contributed by atoms with Gasteiger partial charge < -0.3 is 14.2 Å². The number of ether oxygens (including phenoxy) is 1. The Kier molecular flexibility index (Phi) is 5.52. The molecular weight excluding hydrogens is 368 g/mol. The van der Waals surface area contributed by atoms with E-state index in [0.29, 0.717) is 35.1 Å². The van der Waals surface area contributed by atoms with Crippen LogP contribution in [0.1, 0.15) is 36.7 Å². The summed E-state index contributed by atoms with van der Waals surface area (Å²) in [7, 11) is 0. The Balaban J connectivity index is 1.49. The first-order chi connectivity index (χ1) is 14.2. The molecule has 1 amide bonds. The molecule has 7 nitrogen and oxygen atoms in total. The summed E-state index contributed by atoms with van der Waals surface area (Å²) in [6.45, 7) is 0.602. The molecule has 1 aromatic heterocycles. The molecule has 0 N–H and O–H groups in total. The Morgan fingerprint density at radius 3 is 2.90 bits per heavy atom. The van der Waals surface area contributed by atoms with Gasteiger partial charge >= 0.3 is 0 Å². The summed E-state index contributed by atoms with van der Waals surface area (Å²) < 4.78 is 11.0. The maximum atomic E-state index is 12.8. The standard InChI is InChI=1S/C22H20N4O3/c23-14-16-7-6-8-17(13-16)22-24-21(25-29-22)19-11-4-5-12-26(19)20(27)15-28-18-9-2-1-3-10-18/h1-3,6-10,13,19H,4-5,11-12,15H2. The third kappa shape index (κ3) is 4.27. The Morgan fingerprint density at radius 2 is 2.07 bits per heavy atom. The highest BCUT2D eigenvalue weighted by Crippen LogP contribution is 2.31. The van der Waals surface area contributed by atoms with Crippen LogP contribution in [0.15, 0.2) is 59.1 Å². The van der Waals surface area contributed by atoms with Crippen molar-refractivity contribution in [2.45, 2.75) is 25.3 Å². The average Bonchev–Trinajstić information content (AvgIpc) is 3.28. The molecule has 2 aromatic carbocycles. The van der Waals surface area contributed by atoms with E-state index in [-0.39, 0.29) is 18.6 Å². The number of carbonyl (C=O) groups is 1. The average molecular weight is 388 g/mol. The lowest BCUT2D eigenvalue weighted by Crippen LogP contribution is -2.41. The number of amides is 1. The molecule has 1 unspecified atom stereocenters.